The lowest BCUT2D eigenvalue weighted by molar-refractivity contribution is -0.128. The molecule has 1 N–H and O–H groups in total. The van der Waals surface area contributed by atoms with E-state index in [-0.39, 0.29) is 11.8 Å². The highest BCUT2D eigenvalue weighted by molar-refractivity contribution is 7.20. The number of benzene rings is 1. The number of piperidine rings is 1. The van der Waals surface area contributed by atoms with Gasteiger partial charge in [-0.15, -0.1) is 11.3 Å². The minimum absolute atomic E-state index is 0.0798. The average Bonchev–Trinajstić information content (AvgIpc) is 3.28. The fourth-order valence-corrected chi connectivity index (χ4v) is 4.35. The number of hydrazone groups is 1. The molecule has 0 spiro atoms. The van der Waals surface area contributed by atoms with Gasteiger partial charge in [0.2, 0.25) is 5.91 Å². The molecule has 28 heavy (non-hydrogen) atoms. The third-order valence-electron chi connectivity index (χ3n) is 4.87. The van der Waals surface area contributed by atoms with Crippen molar-refractivity contribution in [1.29, 1.82) is 0 Å². The van der Waals surface area contributed by atoms with E-state index in [1.54, 1.807) is 11.8 Å². The number of aromatic nitrogens is 2. The smallest absolute Gasteiger partial charge is 0.281 e. The standard InChI is InChI=1S/C20H21N5O2S/c1-13-17-12-18(28-20(17)25(23-13)16-6-4-3-5-7-16)19(27)22-21-15-8-10-24(11-9-15)14(2)26/h3-7,12H,8-11H2,1-2H3,(H,22,27). The van der Waals surface area contributed by atoms with Crippen LogP contribution in [-0.4, -0.2) is 45.3 Å². The minimum Gasteiger partial charge on any atom is -0.342 e. The predicted molar refractivity (Wildman–Crippen MR) is 110 cm³/mol. The van der Waals surface area contributed by atoms with Gasteiger partial charge < -0.3 is 4.90 Å². The minimum atomic E-state index is -0.221. The van der Waals surface area contributed by atoms with Crippen LogP contribution in [0.5, 0.6) is 0 Å². The van der Waals surface area contributed by atoms with Gasteiger partial charge in [0.15, 0.2) is 0 Å². The van der Waals surface area contributed by atoms with Crippen LogP contribution >= 0.6 is 11.3 Å². The molecule has 0 atom stereocenters. The van der Waals surface area contributed by atoms with Crippen molar-refractivity contribution >= 4 is 39.1 Å². The van der Waals surface area contributed by atoms with Gasteiger partial charge in [-0.25, -0.2) is 10.1 Å². The number of fused-ring (bicyclic) bond motifs is 1. The number of nitrogens with zero attached hydrogens (tertiary/aromatic N) is 4. The molecule has 1 saturated heterocycles. The Morgan fingerprint density at radius 3 is 2.57 bits per heavy atom. The van der Waals surface area contributed by atoms with Crippen molar-refractivity contribution < 1.29 is 9.59 Å². The van der Waals surface area contributed by atoms with E-state index in [1.165, 1.54) is 11.3 Å². The second-order valence-electron chi connectivity index (χ2n) is 6.79. The van der Waals surface area contributed by atoms with Gasteiger partial charge in [-0.05, 0) is 25.1 Å². The molecule has 0 aliphatic carbocycles. The third-order valence-corrected chi connectivity index (χ3v) is 5.98. The maximum absolute atomic E-state index is 12.6. The Kier molecular flexibility index (Phi) is 4.95. The number of carbonyl (C=O) groups excluding carboxylic acids is 2. The van der Waals surface area contributed by atoms with Gasteiger partial charge in [0, 0.05) is 44.0 Å². The van der Waals surface area contributed by atoms with Crippen LogP contribution in [0, 0.1) is 6.92 Å². The zero-order chi connectivity index (χ0) is 19.7. The molecule has 144 valence electrons. The molecule has 0 bridgehead atoms. The monoisotopic (exact) mass is 395 g/mol. The van der Waals surface area contributed by atoms with Crippen molar-refractivity contribution in [3.8, 4) is 5.69 Å². The summed E-state index contributed by atoms with van der Waals surface area (Å²) < 4.78 is 1.87. The summed E-state index contributed by atoms with van der Waals surface area (Å²) in [5.41, 5.74) is 5.43. The van der Waals surface area contributed by atoms with Crippen LogP contribution in [0.1, 0.15) is 35.1 Å². The molecule has 1 aromatic carbocycles. The first-order valence-corrected chi connectivity index (χ1v) is 10.0. The first-order chi connectivity index (χ1) is 13.5. The van der Waals surface area contributed by atoms with Gasteiger partial charge >= 0.3 is 0 Å². The molecule has 0 unspecified atom stereocenters. The van der Waals surface area contributed by atoms with Gasteiger partial charge in [0.1, 0.15) is 4.83 Å². The summed E-state index contributed by atoms with van der Waals surface area (Å²) in [6, 6.07) is 11.7. The zero-order valence-electron chi connectivity index (χ0n) is 15.8. The van der Waals surface area contributed by atoms with Crippen LogP contribution in [0.3, 0.4) is 0 Å². The molecule has 1 aliphatic heterocycles. The van der Waals surface area contributed by atoms with E-state index in [0.717, 1.165) is 27.3 Å². The average molecular weight is 395 g/mol. The fourth-order valence-electron chi connectivity index (χ4n) is 3.28. The number of nitrogens with one attached hydrogen (secondary N) is 1. The topological polar surface area (TPSA) is 79.6 Å². The van der Waals surface area contributed by atoms with Crippen LogP contribution in [0.4, 0.5) is 0 Å². The Morgan fingerprint density at radius 1 is 1.18 bits per heavy atom. The lowest BCUT2D eigenvalue weighted by Crippen LogP contribution is -2.37. The Balaban J connectivity index is 1.51. The normalized spacial score (nSPS) is 14.4. The highest BCUT2D eigenvalue weighted by Gasteiger charge is 2.19. The molecule has 1 aliphatic rings. The van der Waals surface area contributed by atoms with E-state index in [4.69, 9.17) is 0 Å². The van der Waals surface area contributed by atoms with Crippen molar-refractivity contribution in [3.63, 3.8) is 0 Å². The maximum Gasteiger partial charge on any atom is 0.281 e. The van der Waals surface area contributed by atoms with Gasteiger partial charge in [-0.3, -0.25) is 9.59 Å². The third kappa shape index (κ3) is 3.55. The predicted octanol–water partition coefficient (Wildman–Crippen LogP) is 3.12. The van der Waals surface area contributed by atoms with Crippen molar-refractivity contribution in [3.05, 3.63) is 47.0 Å². The van der Waals surface area contributed by atoms with E-state index in [2.05, 4.69) is 15.6 Å². The number of likely N-dealkylation sites (tertiary alicyclic amines) is 1. The second-order valence-corrected chi connectivity index (χ2v) is 7.82. The number of rotatable bonds is 3. The Labute approximate surface area is 166 Å². The molecular formula is C20H21N5O2S. The van der Waals surface area contributed by atoms with E-state index in [9.17, 15) is 9.59 Å². The second kappa shape index (κ2) is 7.55. The van der Waals surface area contributed by atoms with Crippen molar-refractivity contribution in [2.45, 2.75) is 26.7 Å². The maximum atomic E-state index is 12.6. The van der Waals surface area contributed by atoms with Crippen LogP contribution in [0.15, 0.2) is 41.5 Å². The highest BCUT2D eigenvalue weighted by Crippen LogP contribution is 2.30. The van der Waals surface area contributed by atoms with Crippen molar-refractivity contribution in [2.24, 2.45) is 5.10 Å². The number of hydrogen-bond donors (Lipinski definition) is 1. The molecule has 8 heteroatoms. The Hall–Kier alpha value is -3.00. The zero-order valence-corrected chi connectivity index (χ0v) is 16.6. The molecule has 2 amide bonds. The molecular weight excluding hydrogens is 374 g/mol. The number of para-hydroxylation sites is 1. The van der Waals surface area contributed by atoms with Crippen LogP contribution < -0.4 is 5.43 Å². The molecule has 2 aromatic heterocycles. The summed E-state index contributed by atoms with van der Waals surface area (Å²) in [4.78, 5) is 27.3. The molecule has 3 aromatic rings. The lowest BCUT2D eigenvalue weighted by atomic mass is 10.1. The molecule has 7 nitrogen and oxygen atoms in total. The summed E-state index contributed by atoms with van der Waals surface area (Å²) in [5.74, 6) is -0.141. The summed E-state index contributed by atoms with van der Waals surface area (Å²) in [6.07, 6.45) is 1.38. The largest absolute Gasteiger partial charge is 0.342 e. The molecule has 1 fully saturated rings. The van der Waals surface area contributed by atoms with Gasteiger partial charge in [-0.2, -0.15) is 10.2 Å². The molecule has 0 radical (unpaired) electrons. The number of amides is 2. The molecule has 3 heterocycles. The number of carbonyl (C=O) groups is 2. The summed E-state index contributed by atoms with van der Waals surface area (Å²) in [6.45, 7) is 4.82. The summed E-state index contributed by atoms with van der Waals surface area (Å²) >= 11 is 1.40. The summed E-state index contributed by atoms with van der Waals surface area (Å²) in [5, 5.41) is 9.84. The van der Waals surface area contributed by atoms with Crippen LogP contribution in [0.25, 0.3) is 15.9 Å². The van der Waals surface area contributed by atoms with Gasteiger partial charge in [0.25, 0.3) is 5.91 Å². The number of aryl methyl sites for hydroxylation is 1. The molecule has 0 saturated carbocycles. The molecule has 4 rings (SSSR count). The fraction of sp³-hybridized carbons (Fsp3) is 0.300. The number of hydrogen-bond acceptors (Lipinski definition) is 5. The Bertz CT molecular complexity index is 1060. The highest BCUT2D eigenvalue weighted by atomic mass is 32.1. The van der Waals surface area contributed by atoms with Crippen LogP contribution in [0.2, 0.25) is 0 Å². The SMILES string of the molecule is CC(=O)N1CCC(=NNC(=O)c2cc3c(C)nn(-c4ccccc4)c3s2)CC1. The van der Waals surface area contributed by atoms with Crippen LogP contribution in [-0.2, 0) is 4.79 Å². The quantitative estimate of drug-likeness (QED) is 0.692. The first-order valence-electron chi connectivity index (χ1n) is 9.19. The Morgan fingerprint density at radius 2 is 1.89 bits per heavy atom. The van der Waals surface area contributed by atoms with E-state index in [0.29, 0.717) is 30.8 Å². The van der Waals surface area contributed by atoms with Crippen molar-refractivity contribution in [1.82, 2.24) is 20.1 Å². The van der Waals surface area contributed by atoms with E-state index >= 15 is 0 Å². The van der Waals surface area contributed by atoms with Crippen molar-refractivity contribution in [2.75, 3.05) is 13.1 Å². The first kappa shape index (κ1) is 18.4. The number of thiophene rings is 1. The lowest BCUT2D eigenvalue weighted by Gasteiger charge is -2.26. The van der Waals surface area contributed by atoms with Gasteiger partial charge in [-0.1, -0.05) is 18.2 Å². The summed E-state index contributed by atoms with van der Waals surface area (Å²) in [7, 11) is 0. The van der Waals surface area contributed by atoms with E-state index < -0.39 is 0 Å². The van der Waals surface area contributed by atoms with Gasteiger partial charge in [0.05, 0.1) is 16.3 Å². The van der Waals surface area contributed by atoms with E-state index in [1.807, 2.05) is 48.0 Å².